The van der Waals surface area contributed by atoms with Crippen molar-refractivity contribution in [1.29, 1.82) is 0 Å². The third kappa shape index (κ3) is 3.06. The number of anilines is 1. The lowest BCUT2D eigenvalue weighted by molar-refractivity contribution is 0.0850. The number of nitrogen functional groups attached to an aromatic ring is 1. The van der Waals surface area contributed by atoms with Crippen molar-refractivity contribution in [2.45, 2.75) is 32.6 Å². The van der Waals surface area contributed by atoms with Crippen molar-refractivity contribution >= 4 is 27.7 Å². The lowest BCUT2D eigenvalue weighted by atomic mass is 9.67. The number of aromatic nitrogens is 1. The smallest absolute Gasteiger partial charge is 0.255 e. The Morgan fingerprint density at radius 3 is 2.84 bits per heavy atom. The normalized spacial score (nSPS) is 16.6. The van der Waals surface area contributed by atoms with E-state index >= 15 is 0 Å². The molecule has 0 unspecified atom stereocenters. The molecule has 1 aliphatic rings. The van der Waals surface area contributed by atoms with Crippen molar-refractivity contribution < 1.29 is 4.79 Å². The topological polar surface area (TPSA) is 80.0 Å². The number of hydrogen-bond donors (Lipinski definition) is 3. The third-order valence-corrected chi connectivity index (χ3v) is 4.46. The van der Waals surface area contributed by atoms with Crippen LogP contribution in [0.4, 0.5) is 5.82 Å². The van der Waals surface area contributed by atoms with E-state index in [1.165, 1.54) is 19.3 Å². The molecule has 0 spiro atoms. The number of carbonyl (C=O) groups is 1. The average molecular weight is 327 g/mol. The van der Waals surface area contributed by atoms with Gasteiger partial charge in [0.05, 0.1) is 5.56 Å². The Bertz CT molecular complexity index is 468. The predicted octanol–water partition coefficient (Wildman–Crippen LogP) is 2.44. The summed E-state index contributed by atoms with van der Waals surface area (Å²) in [5, 5.41) is 3.00. The van der Waals surface area contributed by atoms with Crippen molar-refractivity contribution in [1.82, 2.24) is 10.3 Å². The molecule has 4 N–H and O–H groups in total. The Kier molecular flexibility index (Phi) is 4.42. The standard InChI is InChI=1S/C13H19BrN4O/c1-2-13(4-3-5-13)8-17-12(19)10-6-9(14)7-16-11(10)18-15/h6-7H,2-5,8,15H2,1H3,(H,16,18)(H,17,19). The van der Waals surface area contributed by atoms with Gasteiger partial charge < -0.3 is 10.7 Å². The van der Waals surface area contributed by atoms with Crippen LogP contribution in [0, 0.1) is 5.41 Å². The molecule has 1 aliphatic carbocycles. The van der Waals surface area contributed by atoms with Crippen LogP contribution in [-0.4, -0.2) is 17.4 Å². The Balaban J connectivity index is 2.05. The van der Waals surface area contributed by atoms with Gasteiger partial charge in [0.15, 0.2) is 5.82 Å². The van der Waals surface area contributed by atoms with Gasteiger partial charge in [-0.05, 0) is 46.7 Å². The summed E-state index contributed by atoms with van der Waals surface area (Å²) in [7, 11) is 0. The van der Waals surface area contributed by atoms with Crippen LogP contribution in [0.5, 0.6) is 0 Å². The second-order valence-electron chi connectivity index (χ2n) is 5.08. The Hall–Kier alpha value is -1.14. The minimum Gasteiger partial charge on any atom is -0.351 e. The van der Waals surface area contributed by atoms with Gasteiger partial charge in [-0.3, -0.25) is 4.79 Å². The molecule has 1 heterocycles. The fourth-order valence-corrected chi connectivity index (χ4v) is 2.75. The van der Waals surface area contributed by atoms with Crippen molar-refractivity contribution in [3.63, 3.8) is 0 Å². The third-order valence-electron chi connectivity index (χ3n) is 4.02. The van der Waals surface area contributed by atoms with E-state index < -0.39 is 0 Å². The van der Waals surface area contributed by atoms with Gasteiger partial charge >= 0.3 is 0 Å². The largest absolute Gasteiger partial charge is 0.351 e. The number of rotatable bonds is 5. The molecule has 1 amide bonds. The van der Waals surface area contributed by atoms with Gasteiger partial charge in [-0.15, -0.1) is 0 Å². The van der Waals surface area contributed by atoms with Crippen LogP contribution in [-0.2, 0) is 0 Å². The summed E-state index contributed by atoms with van der Waals surface area (Å²) in [4.78, 5) is 16.3. The molecule has 0 aliphatic heterocycles. The van der Waals surface area contributed by atoms with Crippen molar-refractivity contribution in [3.05, 3.63) is 22.3 Å². The van der Waals surface area contributed by atoms with Crippen LogP contribution in [0.15, 0.2) is 16.7 Å². The molecule has 0 saturated heterocycles. The number of nitrogens with two attached hydrogens (primary N) is 1. The molecule has 0 radical (unpaired) electrons. The summed E-state index contributed by atoms with van der Waals surface area (Å²) in [5.74, 6) is 5.63. The van der Waals surface area contributed by atoms with E-state index in [1.54, 1.807) is 12.3 Å². The number of carbonyl (C=O) groups excluding carboxylic acids is 1. The first-order chi connectivity index (χ1) is 9.10. The Morgan fingerprint density at radius 2 is 2.32 bits per heavy atom. The van der Waals surface area contributed by atoms with Gasteiger partial charge in [-0.1, -0.05) is 13.3 Å². The van der Waals surface area contributed by atoms with E-state index in [4.69, 9.17) is 5.84 Å². The summed E-state index contributed by atoms with van der Waals surface area (Å²) < 4.78 is 0.755. The van der Waals surface area contributed by atoms with Crippen molar-refractivity contribution in [2.24, 2.45) is 11.3 Å². The van der Waals surface area contributed by atoms with Crippen molar-refractivity contribution in [3.8, 4) is 0 Å². The molecule has 2 rings (SSSR count). The molecule has 5 nitrogen and oxygen atoms in total. The molecule has 104 valence electrons. The maximum absolute atomic E-state index is 12.2. The molecule has 1 aromatic rings. The van der Waals surface area contributed by atoms with Gasteiger partial charge in [0.1, 0.15) is 0 Å². The SMILES string of the molecule is CCC1(CNC(=O)c2cc(Br)cnc2NN)CCC1. The van der Waals surface area contributed by atoms with Gasteiger partial charge in [0.2, 0.25) is 0 Å². The fraction of sp³-hybridized carbons (Fsp3) is 0.538. The minimum atomic E-state index is -0.138. The van der Waals surface area contributed by atoms with Gasteiger partial charge in [-0.25, -0.2) is 10.8 Å². The minimum absolute atomic E-state index is 0.138. The highest BCUT2D eigenvalue weighted by atomic mass is 79.9. The zero-order valence-electron chi connectivity index (χ0n) is 11.0. The van der Waals surface area contributed by atoms with E-state index in [-0.39, 0.29) is 5.91 Å². The second-order valence-corrected chi connectivity index (χ2v) is 6.00. The summed E-state index contributed by atoms with van der Waals surface area (Å²) in [5.41, 5.74) is 3.21. The summed E-state index contributed by atoms with van der Waals surface area (Å²) in [6, 6.07) is 1.72. The number of pyridine rings is 1. The van der Waals surface area contributed by atoms with Crippen LogP contribution in [0.25, 0.3) is 0 Å². The Labute approximate surface area is 121 Å². The average Bonchev–Trinajstić information content (AvgIpc) is 2.37. The first-order valence-electron chi connectivity index (χ1n) is 6.50. The second kappa shape index (κ2) is 5.88. The molecule has 6 heteroatoms. The lowest BCUT2D eigenvalue weighted by Gasteiger charge is -2.41. The number of amides is 1. The highest BCUT2D eigenvalue weighted by molar-refractivity contribution is 9.10. The zero-order valence-corrected chi connectivity index (χ0v) is 12.6. The van der Waals surface area contributed by atoms with Crippen LogP contribution < -0.4 is 16.6 Å². The molecular formula is C13H19BrN4O. The fourth-order valence-electron chi connectivity index (χ4n) is 2.42. The molecule has 1 aromatic heterocycles. The van der Waals surface area contributed by atoms with Crippen LogP contribution in [0.1, 0.15) is 43.0 Å². The van der Waals surface area contributed by atoms with Crippen LogP contribution in [0.3, 0.4) is 0 Å². The van der Waals surface area contributed by atoms with E-state index in [0.29, 0.717) is 16.8 Å². The number of nitrogens with zero attached hydrogens (tertiary/aromatic N) is 1. The van der Waals surface area contributed by atoms with E-state index in [1.807, 2.05) is 0 Å². The molecule has 0 atom stereocenters. The Morgan fingerprint density at radius 1 is 1.58 bits per heavy atom. The van der Waals surface area contributed by atoms with Crippen LogP contribution in [0.2, 0.25) is 0 Å². The monoisotopic (exact) mass is 326 g/mol. The molecule has 1 fully saturated rings. The van der Waals surface area contributed by atoms with Gasteiger partial charge in [0.25, 0.3) is 5.91 Å². The predicted molar refractivity (Wildman–Crippen MR) is 78.7 cm³/mol. The molecular weight excluding hydrogens is 308 g/mol. The maximum Gasteiger partial charge on any atom is 0.255 e. The highest BCUT2D eigenvalue weighted by Crippen LogP contribution is 2.43. The number of halogens is 1. The lowest BCUT2D eigenvalue weighted by Crippen LogP contribution is -2.41. The first-order valence-corrected chi connectivity index (χ1v) is 7.30. The van der Waals surface area contributed by atoms with E-state index in [9.17, 15) is 4.79 Å². The van der Waals surface area contributed by atoms with Gasteiger partial charge in [0, 0.05) is 17.2 Å². The number of hydrogen-bond acceptors (Lipinski definition) is 4. The van der Waals surface area contributed by atoms with Crippen LogP contribution >= 0.6 is 15.9 Å². The number of nitrogens with one attached hydrogen (secondary N) is 2. The summed E-state index contributed by atoms with van der Waals surface area (Å²) in [6.45, 7) is 2.90. The maximum atomic E-state index is 12.2. The summed E-state index contributed by atoms with van der Waals surface area (Å²) in [6.07, 6.45) is 6.36. The highest BCUT2D eigenvalue weighted by Gasteiger charge is 2.35. The van der Waals surface area contributed by atoms with E-state index in [0.717, 1.165) is 17.4 Å². The zero-order chi connectivity index (χ0) is 13.9. The molecule has 0 bridgehead atoms. The van der Waals surface area contributed by atoms with Gasteiger partial charge in [-0.2, -0.15) is 0 Å². The van der Waals surface area contributed by atoms with Crippen molar-refractivity contribution in [2.75, 3.05) is 12.0 Å². The quantitative estimate of drug-likeness (QED) is 0.573. The first kappa shape index (κ1) is 14.3. The number of hydrazine groups is 1. The molecule has 19 heavy (non-hydrogen) atoms. The molecule has 1 saturated carbocycles. The van der Waals surface area contributed by atoms with E-state index in [2.05, 4.69) is 38.6 Å². The molecule has 0 aromatic carbocycles. The summed E-state index contributed by atoms with van der Waals surface area (Å²) >= 11 is 3.31.